The molecule has 0 aliphatic heterocycles. The van der Waals surface area contributed by atoms with Gasteiger partial charge in [0.25, 0.3) is 0 Å². The third-order valence-electron chi connectivity index (χ3n) is 16.0. The van der Waals surface area contributed by atoms with Gasteiger partial charge in [-0.3, -0.25) is 4.79 Å². The number of carbonyl (C=O) groups is 3. The molecule has 3 heterocycles. The summed E-state index contributed by atoms with van der Waals surface area (Å²) in [5, 5.41) is 34.1. The maximum Gasteiger partial charge on any atom is 0.348 e. The van der Waals surface area contributed by atoms with Crippen molar-refractivity contribution in [3.05, 3.63) is 304 Å². The number of carboxylic acid groups (broad SMARTS) is 3. The number of rotatable bonds is 27. The molecular formula is C77H75N9O15Y-2. The summed E-state index contributed by atoms with van der Waals surface area (Å²) in [7, 11) is 8.93. The number of ether oxygens (including phenoxy) is 9. The van der Waals surface area contributed by atoms with Gasteiger partial charge in [-0.25, -0.2) is 16.0 Å². The Balaban J connectivity index is 0.000000202. The van der Waals surface area contributed by atoms with E-state index in [1.54, 1.807) is 129 Å². The van der Waals surface area contributed by atoms with E-state index in [-0.39, 0.29) is 63.1 Å². The van der Waals surface area contributed by atoms with Gasteiger partial charge in [-0.1, -0.05) is 225 Å². The maximum absolute atomic E-state index is 12.6. The molecular weight excluding hydrogens is 1380 g/mol. The Hall–Kier alpha value is -11.3. The van der Waals surface area contributed by atoms with Gasteiger partial charge >= 0.3 is 24.0 Å². The molecule has 102 heavy (non-hydrogen) atoms. The second kappa shape index (κ2) is 37.8. The molecule has 3 aromatic heterocycles. The van der Waals surface area contributed by atoms with Crippen LogP contribution in [0.15, 0.2) is 224 Å². The Morgan fingerprint density at radius 1 is 0.559 bits per heavy atom. The molecule has 2 atom stereocenters. The quantitative estimate of drug-likeness (QED) is 0.0186. The molecule has 11 rings (SSSR count). The van der Waals surface area contributed by atoms with Crippen LogP contribution in [0, 0.1) is 26.6 Å². The summed E-state index contributed by atoms with van der Waals surface area (Å²) in [4.78, 5) is 64.4. The molecule has 523 valence electrons. The van der Waals surface area contributed by atoms with E-state index in [0.29, 0.717) is 56.3 Å². The van der Waals surface area contributed by atoms with Crippen LogP contribution in [-0.2, 0) is 86.1 Å². The van der Waals surface area contributed by atoms with Crippen LogP contribution in [0.1, 0.15) is 68.0 Å². The van der Waals surface area contributed by atoms with E-state index >= 15 is 0 Å². The van der Waals surface area contributed by atoms with Crippen molar-refractivity contribution in [2.75, 3.05) is 49.3 Å². The summed E-state index contributed by atoms with van der Waals surface area (Å²) in [6.07, 6.45) is 2.96. The van der Waals surface area contributed by atoms with Crippen molar-refractivity contribution in [3.8, 4) is 41.2 Å². The monoisotopic (exact) mass is 1450 g/mol. The molecule has 1 radical (unpaired) electrons. The fourth-order valence-corrected chi connectivity index (χ4v) is 11.3. The molecule has 10 aromatic rings. The number of aliphatic carboxylic acids is 3. The zero-order valence-electron chi connectivity index (χ0n) is 57.3. The van der Waals surface area contributed by atoms with Gasteiger partial charge in [0.05, 0.1) is 53.9 Å². The average Bonchev–Trinajstić information content (AvgIpc) is 0.820. The predicted octanol–water partition coefficient (Wildman–Crippen LogP) is 12.8. The zero-order valence-corrected chi connectivity index (χ0v) is 60.2. The smallest absolute Gasteiger partial charge is 0.348 e. The van der Waals surface area contributed by atoms with E-state index < -0.39 is 46.9 Å². The van der Waals surface area contributed by atoms with Crippen LogP contribution in [0.2, 0.25) is 0 Å². The molecule has 25 heteroatoms. The molecule has 24 nitrogen and oxygen atoms in total. The van der Waals surface area contributed by atoms with Crippen molar-refractivity contribution in [1.29, 1.82) is 0 Å². The van der Waals surface area contributed by atoms with E-state index in [0.717, 1.165) is 47.5 Å². The Kier molecular flexibility index (Phi) is 28.9. The molecule has 0 amide bonds. The average molecular weight is 1460 g/mol. The van der Waals surface area contributed by atoms with E-state index in [1.807, 2.05) is 105 Å². The summed E-state index contributed by atoms with van der Waals surface area (Å²) in [6.45, 7) is 8.09. The van der Waals surface area contributed by atoms with E-state index in [2.05, 4.69) is 52.8 Å². The topological polar surface area (TPSA) is 321 Å². The largest absolute Gasteiger partial charge is 0.503 e. The van der Waals surface area contributed by atoms with Gasteiger partial charge in [-0.2, -0.15) is 19.9 Å². The molecule has 1 aliphatic rings. The van der Waals surface area contributed by atoms with E-state index in [9.17, 15) is 35.2 Å². The number of aryl methyl sites for hydroxylation is 3. The minimum atomic E-state index is -1.71. The normalized spacial score (nSPS) is 11.8. The number of carboxylic acids is 3. The number of hydrogen-bond acceptors (Lipinski definition) is 19. The van der Waals surface area contributed by atoms with Crippen molar-refractivity contribution < 1.29 is 105 Å². The van der Waals surface area contributed by atoms with Crippen LogP contribution in [0.25, 0.3) is 16.0 Å². The van der Waals surface area contributed by atoms with Crippen LogP contribution < -0.4 is 33.2 Å². The molecule has 0 fully saturated rings. The molecule has 0 saturated carbocycles. The first-order valence-corrected chi connectivity index (χ1v) is 31.4. The number of aromatic nitrogens is 6. The number of azide groups is 1. The van der Waals surface area contributed by atoms with Gasteiger partial charge in [0.15, 0.2) is 23.1 Å². The summed E-state index contributed by atoms with van der Waals surface area (Å²) in [6, 6.07) is 62.4. The van der Waals surface area contributed by atoms with Crippen molar-refractivity contribution in [2.45, 2.75) is 62.1 Å². The fraction of sp³-hybridized carbons (Fsp3) is 0.221. The third-order valence-corrected chi connectivity index (χ3v) is 16.0. The second-order valence-electron chi connectivity index (χ2n) is 22.2. The number of nitrogens with zero attached hydrogens (tertiary/aromatic N) is 9. The first kappa shape index (κ1) is 78.1. The summed E-state index contributed by atoms with van der Waals surface area (Å²) in [5.41, 5.74) is 13.7. The van der Waals surface area contributed by atoms with Crippen LogP contribution >= 0.6 is 0 Å². The number of benzene rings is 7. The number of methoxy groups -OCH3 is 6. The van der Waals surface area contributed by atoms with Crippen molar-refractivity contribution in [1.82, 2.24) is 29.9 Å². The van der Waals surface area contributed by atoms with Gasteiger partial charge in [0.2, 0.25) is 29.8 Å². The maximum atomic E-state index is 12.6. The zero-order chi connectivity index (χ0) is 72.4. The van der Waals surface area contributed by atoms with Crippen molar-refractivity contribution >= 4 is 23.5 Å². The van der Waals surface area contributed by atoms with E-state index in [4.69, 9.17) is 42.6 Å². The summed E-state index contributed by atoms with van der Waals surface area (Å²) in [5.74, 6) is -1.77. The van der Waals surface area contributed by atoms with Gasteiger partial charge in [0.1, 0.15) is 5.54 Å². The third kappa shape index (κ3) is 19.0. The number of fused-ring (bicyclic) bond motifs is 1. The Morgan fingerprint density at radius 2 is 1.01 bits per heavy atom. The fourth-order valence-electron chi connectivity index (χ4n) is 11.3. The van der Waals surface area contributed by atoms with Gasteiger partial charge in [-0.05, 0) is 81.4 Å². The molecule has 1 aliphatic carbocycles. The van der Waals surface area contributed by atoms with E-state index in [1.165, 1.54) is 40.9 Å². The SMILES string of the molecule is C=C(COC([CH-]C(=O)O)(c1ccccc1)c1ccccc1)c1ccc(OC)c(OC)c1.COc1cc(OC)nc(O[C@H](C(=O)O)C(OC)(c2ccccc2)c2ccccc2)n1.COc1nc(O[C@H](C(=O)O)C(N=[N+]=[N-])(c2ccccc2)c2ccccc2)nc2c1CCC2.Cc1cc(C)n[c-]n1.[Y]. The minimum Gasteiger partial charge on any atom is -0.503 e. The first-order valence-electron chi connectivity index (χ1n) is 31.4. The van der Waals surface area contributed by atoms with Crippen molar-refractivity contribution in [2.24, 2.45) is 5.11 Å². The number of hydrogen-bond donors (Lipinski definition) is 3. The molecule has 0 spiro atoms. The molecule has 3 N–H and O–H groups in total. The first-order chi connectivity index (χ1) is 48.9. The Labute approximate surface area is 615 Å². The second-order valence-corrected chi connectivity index (χ2v) is 22.2. The molecule has 0 unspecified atom stereocenters. The van der Waals surface area contributed by atoms with Gasteiger partial charge < -0.3 is 67.9 Å². The minimum absolute atomic E-state index is 0. The van der Waals surface area contributed by atoms with Crippen LogP contribution in [0.5, 0.6) is 41.2 Å². The molecule has 7 aromatic carbocycles. The summed E-state index contributed by atoms with van der Waals surface area (Å²) >= 11 is 0. The Bertz CT molecular complexity index is 4260. The Morgan fingerprint density at radius 3 is 1.41 bits per heavy atom. The van der Waals surface area contributed by atoms with Gasteiger partial charge in [-0.15, -0.1) is 6.07 Å². The molecule has 0 saturated heterocycles. The standard InChI is InChI=1S/C26H25O5.C23H21N5O4.C22H22N2O6.C6H7N2.Y/c1-19(20-14-15-23(29-2)24(16-20)30-3)18-31-26(17-25(27)28,21-10-6-4-7-11-21)22-12-8-5-9-13-22;1-31-20-17-13-8-14-18(17)25-22(26-20)32-19(21(29)30)23(27-28-24,15-9-4-2-5-10-15)16-11-6-3-7-12-16;1-27-17-14-18(28-2)24-21(23-17)30-19(20(25)26)22(29-3,15-10-6-4-7-11-15)16-12-8-5-9-13-16;1-5-3-6(2)8-4-7-5;/h4-17H,1,18H2,2-3H3,(H,27,28);2-7,9-12,19H,8,13-14H2,1H3,(H,29,30);4-14,19H,1-3H3,(H,25,26);3H,1-2H3;/q-1;;;-1;/t;2*19-;;/m.11../s1. The summed E-state index contributed by atoms with van der Waals surface area (Å²) < 4.78 is 50.3. The van der Waals surface area contributed by atoms with Gasteiger partial charge in [0, 0.05) is 62.2 Å². The molecule has 0 bridgehead atoms. The van der Waals surface area contributed by atoms with Crippen LogP contribution in [0.4, 0.5) is 0 Å². The van der Waals surface area contributed by atoms with Crippen molar-refractivity contribution in [3.63, 3.8) is 0 Å². The van der Waals surface area contributed by atoms with Crippen LogP contribution in [-0.4, -0.2) is 125 Å². The van der Waals surface area contributed by atoms with Crippen LogP contribution in [0.3, 0.4) is 0 Å². The predicted molar refractivity (Wildman–Crippen MR) is 374 cm³/mol.